The van der Waals surface area contributed by atoms with Crippen LogP contribution >= 0.6 is 0 Å². The zero-order valence-electron chi connectivity index (χ0n) is 27.2. The van der Waals surface area contributed by atoms with Crippen LogP contribution in [0.15, 0.2) is 41.5 Å². The van der Waals surface area contributed by atoms with Crippen LogP contribution in [0.4, 0.5) is 17.3 Å². The summed E-state index contributed by atoms with van der Waals surface area (Å²) in [6.45, 7) is 6.88. The number of aliphatic hydroxyl groups excluding tert-OH is 1. The Morgan fingerprint density at radius 3 is 2.63 bits per heavy atom. The minimum atomic E-state index is -0.261. The summed E-state index contributed by atoms with van der Waals surface area (Å²) >= 11 is 0. The Kier molecular flexibility index (Phi) is 8.32. The van der Waals surface area contributed by atoms with Crippen molar-refractivity contribution in [3.05, 3.63) is 75.2 Å². The molecule has 2 aliphatic rings. The Hall–Kier alpha value is -4.71. The van der Waals surface area contributed by atoms with Crippen molar-refractivity contribution < 1.29 is 14.7 Å². The summed E-state index contributed by atoms with van der Waals surface area (Å²) < 4.78 is 5.13. The van der Waals surface area contributed by atoms with E-state index in [1.165, 1.54) is 20.5 Å². The van der Waals surface area contributed by atoms with Crippen LogP contribution in [0.2, 0.25) is 0 Å². The number of amides is 1. The summed E-state index contributed by atoms with van der Waals surface area (Å²) in [4.78, 5) is 46.5. The molecule has 0 bridgehead atoms. The van der Waals surface area contributed by atoms with Crippen LogP contribution in [0.3, 0.4) is 0 Å². The zero-order chi connectivity index (χ0) is 32.7. The van der Waals surface area contributed by atoms with Gasteiger partial charge in [-0.25, -0.2) is 4.98 Å². The number of pyridine rings is 2. The fraction of sp³-hybridized carbons (Fsp3) is 0.441. The highest BCUT2D eigenvalue weighted by Crippen LogP contribution is 2.38. The molecule has 46 heavy (non-hydrogen) atoms. The van der Waals surface area contributed by atoms with Gasteiger partial charge in [-0.1, -0.05) is 13.8 Å². The molecule has 1 aliphatic carbocycles. The van der Waals surface area contributed by atoms with Gasteiger partial charge in [0, 0.05) is 82.6 Å². The number of carbonyl (C=O) groups excluding carboxylic acids is 2. The monoisotopic (exact) mass is 626 g/mol. The van der Waals surface area contributed by atoms with E-state index in [2.05, 4.69) is 33.8 Å². The lowest BCUT2D eigenvalue weighted by molar-refractivity contribution is 0.0781. The van der Waals surface area contributed by atoms with E-state index in [-0.39, 0.29) is 23.5 Å². The maximum absolute atomic E-state index is 13.2. The summed E-state index contributed by atoms with van der Waals surface area (Å²) in [7, 11) is 5.32. The number of carbonyl (C=O) groups is 2. The van der Waals surface area contributed by atoms with Crippen LogP contribution in [0.25, 0.3) is 11.1 Å². The number of aryl methyl sites for hydroxylation is 2. The predicted molar refractivity (Wildman–Crippen MR) is 177 cm³/mol. The first-order chi connectivity index (χ1) is 22.0. The largest absolute Gasteiger partial charge is 0.392 e. The van der Waals surface area contributed by atoms with Crippen molar-refractivity contribution in [3.63, 3.8) is 0 Å². The number of likely N-dealkylation sites (tertiary alicyclic amines) is 1. The molecule has 0 spiro atoms. The lowest BCUT2D eigenvalue weighted by Gasteiger charge is -2.24. The van der Waals surface area contributed by atoms with Gasteiger partial charge in [0.2, 0.25) is 0 Å². The van der Waals surface area contributed by atoms with Gasteiger partial charge in [-0.05, 0) is 60.4 Å². The molecule has 4 aromatic rings. The van der Waals surface area contributed by atoms with Crippen LogP contribution in [-0.2, 0) is 40.1 Å². The number of anilines is 3. The zero-order valence-corrected chi connectivity index (χ0v) is 27.2. The van der Waals surface area contributed by atoms with Crippen molar-refractivity contribution in [2.75, 3.05) is 36.9 Å². The molecule has 0 saturated carbocycles. The van der Waals surface area contributed by atoms with Crippen molar-refractivity contribution in [1.29, 1.82) is 0 Å². The molecular weight excluding hydrogens is 584 g/mol. The number of hydrogen-bond acceptors (Lipinski definition) is 8. The number of nitrogens with zero attached hydrogens (tertiary/aromatic N) is 7. The number of aldehydes is 1. The number of likely N-dealkylation sites (N-methyl/N-ethyl adjacent to an activating group) is 1. The van der Waals surface area contributed by atoms with Crippen molar-refractivity contribution in [3.8, 4) is 11.1 Å². The van der Waals surface area contributed by atoms with E-state index in [1.54, 1.807) is 38.6 Å². The van der Waals surface area contributed by atoms with E-state index in [9.17, 15) is 19.5 Å². The van der Waals surface area contributed by atoms with Gasteiger partial charge in [-0.15, -0.1) is 0 Å². The number of fused-ring (bicyclic) bond motifs is 1. The van der Waals surface area contributed by atoms with Gasteiger partial charge in [-0.2, -0.15) is 5.10 Å². The first-order valence-electron chi connectivity index (χ1n) is 15.8. The van der Waals surface area contributed by atoms with Gasteiger partial charge in [0.1, 0.15) is 17.2 Å². The Morgan fingerprint density at radius 2 is 1.91 bits per heavy atom. The summed E-state index contributed by atoms with van der Waals surface area (Å²) in [5.74, 6) is 0.942. The standard InChI is InChI=1S/C34H42N8O4/c1-34(2)17-22-14-24(20-43)42(29(22)18-34)13-12-38(3)31-26(21-44)25(8-9-35-31)23-15-27(32(45)39(4)19-23)36-30-16-28(40(5)37-30)33(46)41-10-6-7-11-41/h8-9,14-16,19-20,44H,6-7,10-13,17-18,21H2,1-5H3,(H,36,37). The van der Waals surface area contributed by atoms with Gasteiger partial charge in [0.25, 0.3) is 11.5 Å². The van der Waals surface area contributed by atoms with Gasteiger partial charge < -0.3 is 29.4 Å². The molecular formula is C34H42N8O4. The Morgan fingerprint density at radius 1 is 1.15 bits per heavy atom. The summed E-state index contributed by atoms with van der Waals surface area (Å²) in [5, 5.41) is 18.2. The highest BCUT2D eigenvalue weighted by molar-refractivity contribution is 5.93. The maximum atomic E-state index is 13.2. The highest BCUT2D eigenvalue weighted by atomic mass is 16.3. The lowest BCUT2D eigenvalue weighted by Crippen LogP contribution is -2.29. The third kappa shape index (κ3) is 5.84. The minimum absolute atomic E-state index is 0.0735. The minimum Gasteiger partial charge on any atom is -0.392 e. The average molecular weight is 627 g/mol. The second-order valence-electron chi connectivity index (χ2n) is 13.3. The van der Waals surface area contributed by atoms with Crippen LogP contribution in [0.1, 0.15) is 64.5 Å². The molecule has 0 atom stereocenters. The SMILES string of the molecule is CN(CCn1c(C=O)cc2c1CC(C)(C)C2)c1nccc(-c2cc(Nc3cc(C(=O)N4CCCC4)n(C)n3)c(=O)n(C)c2)c1CO. The molecule has 1 aliphatic heterocycles. The Balaban J connectivity index is 1.26. The van der Waals surface area contributed by atoms with E-state index in [0.717, 1.165) is 50.6 Å². The first-order valence-corrected chi connectivity index (χ1v) is 15.8. The number of rotatable bonds is 10. The number of nitrogens with one attached hydrogen (secondary N) is 1. The molecule has 0 aromatic carbocycles. The first kappa shape index (κ1) is 31.3. The number of aliphatic hydroxyl groups is 1. The van der Waals surface area contributed by atoms with Gasteiger partial charge in [0.05, 0.1) is 12.3 Å². The normalized spacial score (nSPS) is 15.3. The second kappa shape index (κ2) is 12.2. The van der Waals surface area contributed by atoms with Crippen molar-refractivity contribution in [2.45, 2.75) is 52.7 Å². The summed E-state index contributed by atoms with van der Waals surface area (Å²) in [5.41, 5.74) is 5.88. The van der Waals surface area contributed by atoms with E-state index in [0.29, 0.717) is 52.9 Å². The fourth-order valence-electron chi connectivity index (χ4n) is 6.91. The predicted octanol–water partition coefficient (Wildman–Crippen LogP) is 3.53. The molecule has 5 heterocycles. The van der Waals surface area contributed by atoms with E-state index < -0.39 is 0 Å². The molecule has 4 aromatic heterocycles. The van der Waals surface area contributed by atoms with Gasteiger partial charge >= 0.3 is 0 Å². The third-order valence-electron chi connectivity index (χ3n) is 9.23. The molecule has 2 N–H and O–H groups in total. The van der Waals surface area contributed by atoms with E-state index in [4.69, 9.17) is 0 Å². The summed E-state index contributed by atoms with van der Waals surface area (Å²) in [6.07, 6.45) is 8.22. The molecule has 1 saturated heterocycles. The summed E-state index contributed by atoms with van der Waals surface area (Å²) in [6, 6.07) is 7.24. The molecule has 1 amide bonds. The van der Waals surface area contributed by atoms with Crippen LogP contribution in [0.5, 0.6) is 0 Å². The molecule has 6 rings (SSSR count). The Labute approximate surface area is 268 Å². The van der Waals surface area contributed by atoms with E-state index in [1.807, 2.05) is 29.0 Å². The van der Waals surface area contributed by atoms with Crippen LogP contribution in [-0.4, -0.2) is 72.8 Å². The number of aromatic nitrogens is 5. The topological polar surface area (TPSA) is 131 Å². The fourth-order valence-corrected chi connectivity index (χ4v) is 6.91. The van der Waals surface area contributed by atoms with Crippen molar-refractivity contribution in [1.82, 2.24) is 28.8 Å². The molecule has 12 nitrogen and oxygen atoms in total. The average Bonchev–Trinajstić information content (AvgIpc) is 3.81. The quantitative estimate of drug-likeness (QED) is 0.256. The molecule has 0 radical (unpaired) electrons. The molecule has 242 valence electrons. The van der Waals surface area contributed by atoms with Gasteiger partial charge in [0.15, 0.2) is 12.1 Å². The lowest BCUT2D eigenvalue weighted by atomic mass is 9.90. The maximum Gasteiger partial charge on any atom is 0.274 e. The molecule has 0 unspecified atom stereocenters. The smallest absolute Gasteiger partial charge is 0.274 e. The van der Waals surface area contributed by atoms with Gasteiger partial charge in [-0.3, -0.25) is 19.1 Å². The molecule has 1 fully saturated rings. The third-order valence-corrected chi connectivity index (χ3v) is 9.23. The van der Waals surface area contributed by atoms with Crippen LogP contribution < -0.4 is 15.8 Å². The van der Waals surface area contributed by atoms with Crippen molar-refractivity contribution >= 4 is 29.5 Å². The van der Waals surface area contributed by atoms with Crippen molar-refractivity contribution in [2.24, 2.45) is 19.5 Å². The molecule has 12 heteroatoms. The highest BCUT2D eigenvalue weighted by Gasteiger charge is 2.32. The second-order valence-corrected chi connectivity index (χ2v) is 13.3. The number of hydrogen-bond donors (Lipinski definition) is 2. The Bertz CT molecular complexity index is 1860. The van der Waals surface area contributed by atoms with Crippen LogP contribution in [0, 0.1) is 5.41 Å². The van der Waals surface area contributed by atoms with E-state index >= 15 is 0 Å².